The van der Waals surface area contributed by atoms with Crippen molar-refractivity contribution in [2.45, 2.75) is 18.8 Å². The summed E-state index contributed by atoms with van der Waals surface area (Å²) < 4.78 is 40.2. The molecule has 0 bridgehead atoms. The molecule has 0 saturated carbocycles. The lowest BCUT2D eigenvalue weighted by molar-refractivity contribution is -0.274. The van der Waals surface area contributed by atoms with E-state index in [4.69, 9.17) is 0 Å². The quantitative estimate of drug-likeness (QED) is 0.908. The molecule has 1 aliphatic rings. The van der Waals surface area contributed by atoms with Crippen molar-refractivity contribution in [1.82, 2.24) is 5.32 Å². The summed E-state index contributed by atoms with van der Waals surface area (Å²) in [5, 5.41) is 5.44. The standard InChI is InChI=1S/C14H12F3NOS/c15-14(16,17)19-10-3-1-9(2-4-10)13-11-6-8-20-12(11)5-7-18-13/h1-4,6,8,13,18H,5,7H2/t13-/m0/s1. The van der Waals surface area contributed by atoms with Gasteiger partial charge in [0.15, 0.2) is 0 Å². The molecule has 0 fully saturated rings. The minimum atomic E-state index is -4.65. The fourth-order valence-corrected chi connectivity index (χ4v) is 3.33. The van der Waals surface area contributed by atoms with Crippen molar-refractivity contribution >= 4 is 11.3 Å². The summed E-state index contributed by atoms with van der Waals surface area (Å²) >= 11 is 1.72. The van der Waals surface area contributed by atoms with E-state index in [1.54, 1.807) is 23.5 Å². The molecule has 0 radical (unpaired) electrons. The van der Waals surface area contributed by atoms with Crippen molar-refractivity contribution in [3.63, 3.8) is 0 Å². The van der Waals surface area contributed by atoms with E-state index in [9.17, 15) is 13.2 Å². The van der Waals surface area contributed by atoms with Crippen molar-refractivity contribution in [2.24, 2.45) is 0 Å². The first-order chi connectivity index (χ1) is 9.53. The highest BCUT2D eigenvalue weighted by Crippen LogP contribution is 2.33. The number of halogens is 3. The van der Waals surface area contributed by atoms with Gasteiger partial charge in [-0.25, -0.2) is 0 Å². The van der Waals surface area contributed by atoms with Crippen molar-refractivity contribution < 1.29 is 17.9 Å². The number of alkyl halides is 3. The van der Waals surface area contributed by atoms with Gasteiger partial charge in [0.1, 0.15) is 5.75 Å². The number of ether oxygens (including phenoxy) is 1. The predicted molar refractivity (Wildman–Crippen MR) is 71.0 cm³/mol. The lowest BCUT2D eigenvalue weighted by atomic mass is 9.95. The summed E-state index contributed by atoms with van der Waals surface area (Å²) in [5.74, 6) is -0.192. The molecule has 0 unspecified atom stereocenters. The number of fused-ring (bicyclic) bond motifs is 1. The van der Waals surface area contributed by atoms with Gasteiger partial charge in [0, 0.05) is 11.4 Å². The average molecular weight is 299 g/mol. The second-order valence-corrected chi connectivity index (χ2v) is 5.55. The van der Waals surface area contributed by atoms with Gasteiger partial charge in [0.2, 0.25) is 0 Å². The Morgan fingerprint density at radius 2 is 1.90 bits per heavy atom. The largest absolute Gasteiger partial charge is 0.573 e. The van der Waals surface area contributed by atoms with E-state index >= 15 is 0 Å². The Morgan fingerprint density at radius 3 is 2.60 bits per heavy atom. The number of benzene rings is 1. The van der Waals surface area contributed by atoms with Gasteiger partial charge in [-0.2, -0.15) is 0 Å². The number of hydrogen-bond donors (Lipinski definition) is 1. The zero-order valence-corrected chi connectivity index (χ0v) is 11.2. The summed E-state index contributed by atoms with van der Waals surface area (Å²) in [6, 6.07) is 8.16. The van der Waals surface area contributed by atoms with E-state index in [1.807, 2.05) is 5.38 Å². The van der Waals surface area contributed by atoms with E-state index < -0.39 is 6.36 Å². The Hall–Kier alpha value is -1.53. The molecule has 1 N–H and O–H groups in total. The summed E-state index contributed by atoms with van der Waals surface area (Å²) in [4.78, 5) is 1.34. The fraction of sp³-hybridized carbons (Fsp3) is 0.286. The Balaban J connectivity index is 1.83. The highest BCUT2D eigenvalue weighted by molar-refractivity contribution is 7.10. The third kappa shape index (κ3) is 2.81. The van der Waals surface area contributed by atoms with E-state index in [1.165, 1.54) is 22.6 Å². The van der Waals surface area contributed by atoms with Gasteiger partial charge >= 0.3 is 6.36 Å². The van der Waals surface area contributed by atoms with Crippen LogP contribution in [-0.2, 0) is 6.42 Å². The minimum Gasteiger partial charge on any atom is -0.406 e. The SMILES string of the molecule is FC(F)(F)Oc1ccc([C@@H]2NCCc3sccc32)cc1. The van der Waals surface area contributed by atoms with Crippen LogP contribution in [0.25, 0.3) is 0 Å². The maximum atomic E-state index is 12.1. The van der Waals surface area contributed by atoms with Crippen LogP contribution in [0.4, 0.5) is 13.2 Å². The summed E-state index contributed by atoms with van der Waals surface area (Å²) in [6.45, 7) is 0.874. The molecule has 0 aliphatic carbocycles. The molecule has 1 aliphatic heterocycles. The number of rotatable bonds is 2. The first-order valence-electron chi connectivity index (χ1n) is 6.18. The fourth-order valence-electron chi connectivity index (χ4n) is 2.41. The second kappa shape index (κ2) is 5.10. The van der Waals surface area contributed by atoms with Crippen LogP contribution in [0.15, 0.2) is 35.7 Å². The Bertz CT molecular complexity index is 591. The Labute approximate surface area is 118 Å². The first-order valence-corrected chi connectivity index (χ1v) is 7.06. The zero-order valence-electron chi connectivity index (χ0n) is 10.4. The van der Waals surface area contributed by atoms with Crippen molar-refractivity contribution in [2.75, 3.05) is 6.54 Å². The van der Waals surface area contributed by atoms with Gasteiger partial charge in [-0.15, -0.1) is 24.5 Å². The van der Waals surface area contributed by atoms with E-state index in [0.29, 0.717) is 0 Å². The third-order valence-corrected chi connectivity index (χ3v) is 4.23. The molecule has 3 rings (SSSR count). The topological polar surface area (TPSA) is 21.3 Å². The summed E-state index contributed by atoms with van der Waals surface area (Å²) in [5.41, 5.74) is 2.16. The molecule has 0 amide bonds. The van der Waals surface area contributed by atoms with Crippen LogP contribution in [0.2, 0.25) is 0 Å². The summed E-state index contributed by atoms with van der Waals surface area (Å²) in [6.07, 6.45) is -3.65. The number of hydrogen-bond acceptors (Lipinski definition) is 3. The number of nitrogens with one attached hydrogen (secondary N) is 1. The molecule has 2 aromatic rings. The number of thiophene rings is 1. The van der Waals surface area contributed by atoms with Crippen LogP contribution < -0.4 is 10.1 Å². The van der Waals surface area contributed by atoms with Gasteiger partial charge in [-0.1, -0.05) is 12.1 Å². The van der Waals surface area contributed by atoms with Gasteiger partial charge in [0.05, 0.1) is 6.04 Å². The molecule has 0 spiro atoms. The second-order valence-electron chi connectivity index (χ2n) is 4.55. The molecule has 6 heteroatoms. The first kappa shape index (κ1) is 13.5. The average Bonchev–Trinajstić information content (AvgIpc) is 2.86. The Kier molecular flexibility index (Phi) is 3.43. The van der Waals surface area contributed by atoms with Crippen molar-refractivity contribution in [1.29, 1.82) is 0 Å². The van der Waals surface area contributed by atoms with Crippen LogP contribution >= 0.6 is 11.3 Å². The zero-order chi connectivity index (χ0) is 14.2. The van der Waals surface area contributed by atoms with Crippen molar-refractivity contribution in [3.8, 4) is 5.75 Å². The molecular formula is C14H12F3NOS. The van der Waals surface area contributed by atoms with Crippen LogP contribution in [-0.4, -0.2) is 12.9 Å². The molecule has 20 heavy (non-hydrogen) atoms. The van der Waals surface area contributed by atoms with Gasteiger partial charge in [-0.05, 0) is 41.1 Å². The van der Waals surface area contributed by atoms with Crippen LogP contribution in [0, 0.1) is 0 Å². The molecule has 2 nitrogen and oxygen atoms in total. The normalized spacial score (nSPS) is 18.6. The molecule has 2 heterocycles. The smallest absolute Gasteiger partial charge is 0.406 e. The lowest BCUT2D eigenvalue weighted by Crippen LogP contribution is -2.29. The maximum Gasteiger partial charge on any atom is 0.573 e. The Morgan fingerprint density at radius 1 is 1.15 bits per heavy atom. The van der Waals surface area contributed by atoms with Gasteiger partial charge in [-0.3, -0.25) is 0 Å². The molecule has 1 atom stereocenters. The highest BCUT2D eigenvalue weighted by Gasteiger charge is 2.31. The molecular weight excluding hydrogens is 287 g/mol. The van der Waals surface area contributed by atoms with E-state index in [2.05, 4.69) is 16.1 Å². The van der Waals surface area contributed by atoms with Crippen LogP contribution in [0.1, 0.15) is 22.0 Å². The van der Waals surface area contributed by atoms with Gasteiger partial charge < -0.3 is 10.1 Å². The maximum absolute atomic E-state index is 12.1. The molecule has 1 aromatic heterocycles. The molecule has 0 saturated heterocycles. The molecule has 1 aromatic carbocycles. The van der Waals surface area contributed by atoms with E-state index in [0.717, 1.165) is 18.5 Å². The lowest BCUT2D eigenvalue weighted by Gasteiger charge is -2.24. The monoisotopic (exact) mass is 299 g/mol. The third-order valence-electron chi connectivity index (χ3n) is 3.24. The van der Waals surface area contributed by atoms with Crippen molar-refractivity contribution in [3.05, 3.63) is 51.7 Å². The van der Waals surface area contributed by atoms with Gasteiger partial charge in [0.25, 0.3) is 0 Å². The predicted octanol–water partition coefficient (Wildman–Crippen LogP) is 3.88. The van der Waals surface area contributed by atoms with E-state index in [-0.39, 0.29) is 11.8 Å². The highest BCUT2D eigenvalue weighted by atomic mass is 32.1. The minimum absolute atomic E-state index is 0.0462. The van der Waals surface area contributed by atoms with Crippen LogP contribution in [0.5, 0.6) is 5.75 Å². The van der Waals surface area contributed by atoms with Crippen LogP contribution in [0.3, 0.4) is 0 Å². The summed E-state index contributed by atoms with van der Waals surface area (Å²) in [7, 11) is 0. The molecule has 106 valence electrons.